The smallest absolute Gasteiger partial charge is 0.320 e. The number of aliphatic carboxylic acids is 1. The summed E-state index contributed by atoms with van der Waals surface area (Å²) in [6, 6.07) is 7.15. The van der Waals surface area contributed by atoms with Crippen LogP contribution in [0.15, 0.2) is 24.3 Å². The molecular weight excluding hydrogens is 254 g/mol. The van der Waals surface area contributed by atoms with Crippen molar-refractivity contribution in [2.45, 2.75) is 45.8 Å². The minimum absolute atomic E-state index is 0.0250. The summed E-state index contributed by atoms with van der Waals surface area (Å²) in [6.45, 7) is 8.15. The van der Waals surface area contributed by atoms with Gasteiger partial charge in [-0.2, -0.15) is 0 Å². The molecule has 0 heterocycles. The molecule has 0 bridgehead atoms. The van der Waals surface area contributed by atoms with Crippen LogP contribution in [0.3, 0.4) is 0 Å². The van der Waals surface area contributed by atoms with Crippen molar-refractivity contribution in [3.05, 3.63) is 35.4 Å². The van der Waals surface area contributed by atoms with Gasteiger partial charge >= 0.3 is 5.97 Å². The fourth-order valence-electron chi connectivity index (χ4n) is 2.07. The third-order valence-corrected chi connectivity index (χ3v) is 3.45. The van der Waals surface area contributed by atoms with E-state index in [1.54, 1.807) is 0 Å². The maximum atomic E-state index is 11.1. The molecule has 0 amide bonds. The highest BCUT2D eigenvalue weighted by atomic mass is 16.4. The van der Waals surface area contributed by atoms with Gasteiger partial charge in [0.05, 0.1) is 6.10 Å². The molecule has 0 aliphatic carbocycles. The molecule has 0 aliphatic heterocycles. The van der Waals surface area contributed by atoms with Gasteiger partial charge in [0, 0.05) is 6.54 Å². The summed E-state index contributed by atoms with van der Waals surface area (Å²) >= 11 is 0. The number of aliphatic hydroxyl groups excluding tert-OH is 1. The second kappa shape index (κ2) is 7.41. The van der Waals surface area contributed by atoms with E-state index in [1.165, 1.54) is 5.56 Å². The van der Waals surface area contributed by atoms with Gasteiger partial charge in [0.15, 0.2) is 0 Å². The highest BCUT2D eigenvalue weighted by molar-refractivity contribution is 5.73. The first-order valence-corrected chi connectivity index (χ1v) is 7.07. The van der Waals surface area contributed by atoms with Crippen LogP contribution in [0.2, 0.25) is 0 Å². The summed E-state index contributed by atoms with van der Waals surface area (Å²) in [6.07, 6.45) is -0.697. The molecule has 0 saturated carbocycles. The standard InChI is InChI=1S/C16H25NO3/c1-10(2)12-5-7-13(8-6-12)14(18)9-17-15(11(3)4)16(19)20/h5-8,10-11,14-15,17-18H,9H2,1-4H3,(H,19,20). The Labute approximate surface area is 120 Å². The predicted molar refractivity (Wildman–Crippen MR) is 79.8 cm³/mol. The molecule has 0 radical (unpaired) electrons. The van der Waals surface area contributed by atoms with Gasteiger partial charge in [-0.15, -0.1) is 0 Å². The Balaban J connectivity index is 2.62. The first-order valence-electron chi connectivity index (χ1n) is 7.07. The van der Waals surface area contributed by atoms with Crippen LogP contribution in [0.5, 0.6) is 0 Å². The molecule has 0 aliphatic rings. The number of rotatable bonds is 7. The van der Waals surface area contributed by atoms with Gasteiger partial charge in [-0.1, -0.05) is 52.0 Å². The maximum absolute atomic E-state index is 11.1. The number of carboxylic acids is 1. The minimum Gasteiger partial charge on any atom is -0.480 e. The second-order valence-electron chi connectivity index (χ2n) is 5.81. The Morgan fingerprint density at radius 1 is 1.10 bits per heavy atom. The van der Waals surface area contributed by atoms with E-state index in [1.807, 2.05) is 38.1 Å². The molecule has 20 heavy (non-hydrogen) atoms. The van der Waals surface area contributed by atoms with Crippen LogP contribution in [0, 0.1) is 5.92 Å². The van der Waals surface area contributed by atoms with Crippen LogP contribution in [0.25, 0.3) is 0 Å². The molecule has 3 N–H and O–H groups in total. The van der Waals surface area contributed by atoms with E-state index in [-0.39, 0.29) is 12.5 Å². The van der Waals surface area contributed by atoms with E-state index < -0.39 is 18.1 Å². The average molecular weight is 279 g/mol. The Morgan fingerprint density at radius 3 is 2.00 bits per heavy atom. The van der Waals surface area contributed by atoms with E-state index in [2.05, 4.69) is 19.2 Å². The molecule has 112 valence electrons. The summed E-state index contributed by atoms with van der Waals surface area (Å²) in [5.41, 5.74) is 2.02. The zero-order chi connectivity index (χ0) is 15.3. The maximum Gasteiger partial charge on any atom is 0.320 e. The minimum atomic E-state index is -0.887. The molecule has 1 rings (SSSR count). The molecule has 4 nitrogen and oxygen atoms in total. The second-order valence-corrected chi connectivity index (χ2v) is 5.81. The van der Waals surface area contributed by atoms with Crippen molar-refractivity contribution in [1.29, 1.82) is 0 Å². The molecule has 2 atom stereocenters. The monoisotopic (exact) mass is 279 g/mol. The molecular formula is C16H25NO3. The van der Waals surface area contributed by atoms with Crippen LogP contribution < -0.4 is 5.32 Å². The van der Waals surface area contributed by atoms with E-state index >= 15 is 0 Å². The zero-order valence-corrected chi connectivity index (χ0v) is 12.6. The lowest BCUT2D eigenvalue weighted by Crippen LogP contribution is -2.42. The highest BCUT2D eigenvalue weighted by Gasteiger charge is 2.21. The van der Waals surface area contributed by atoms with Crippen LogP contribution in [-0.4, -0.2) is 28.8 Å². The molecule has 2 unspecified atom stereocenters. The Kier molecular flexibility index (Phi) is 6.17. The topological polar surface area (TPSA) is 69.6 Å². The molecule has 1 aromatic carbocycles. The first-order chi connectivity index (χ1) is 9.32. The molecule has 0 spiro atoms. The molecule has 1 aromatic rings. The first kappa shape index (κ1) is 16.7. The summed E-state index contributed by atoms with van der Waals surface area (Å²) in [7, 11) is 0. The van der Waals surface area contributed by atoms with Crippen molar-refractivity contribution in [1.82, 2.24) is 5.32 Å². The van der Waals surface area contributed by atoms with Crippen molar-refractivity contribution in [2.75, 3.05) is 6.54 Å². The SMILES string of the molecule is CC(C)c1ccc(C(O)CNC(C(=O)O)C(C)C)cc1. The van der Waals surface area contributed by atoms with Crippen LogP contribution in [0.1, 0.15) is 50.8 Å². The van der Waals surface area contributed by atoms with Gasteiger partial charge in [0.25, 0.3) is 0 Å². The number of aliphatic hydroxyl groups is 1. The van der Waals surface area contributed by atoms with Gasteiger partial charge in [-0.3, -0.25) is 4.79 Å². The van der Waals surface area contributed by atoms with E-state index in [0.717, 1.165) is 5.56 Å². The van der Waals surface area contributed by atoms with E-state index in [0.29, 0.717) is 5.92 Å². The molecule has 0 saturated heterocycles. The lowest BCUT2D eigenvalue weighted by Gasteiger charge is -2.20. The highest BCUT2D eigenvalue weighted by Crippen LogP contribution is 2.18. The molecule has 0 fully saturated rings. The Bertz CT molecular complexity index is 426. The predicted octanol–water partition coefficient (Wildman–Crippen LogP) is 2.54. The summed E-state index contributed by atoms with van der Waals surface area (Å²) in [4.78, 5) is 11.1. The Hall–Kier alpha value is -1.39. The number of benzene rings is 1. The number of carboxylic acid groups (broad SMARTS) is 1. The third-order valence-electron chi connectivity index (χ3n) is 3.45. The van der Waals surface area contributed by atoms with Gasteiger partial charge in [0.1, 0.15) is 6.04 Å². The average Bonchev–Trinajstić information content (AvgIpc) is 2.38. The molecule has 4 heteroatoms. The van der Waals surface area contributed by atoms with Crippen molar-refractivity contribution >= 4 is 5.97 Å². The van der Waals surface area contributed by atoms with Crippen molar-refractivity contribution in [3.63, 3.8) is 0 Å². The van der Waals surface area contributed by atoms with E-state index in [9.17, 15) is 9.90 Å². The Morgan fingerprint density at radius 2 is 1.60 bits per heavy atom. The third kappa shape index (κ3) is 4.62. The van der Waals surface area contributed by atoms with Gasteiger partial charge in [-0.25, -0.2) is 0 Å². The van der Waals surface area contributed by atoms with Gasteiger partial charge < -0.3 is 15.5 Å². The summed E-state index contributed by atoms with van der Waals surface area (Å²) in [5.74, 6) is -0.456. The van der Waals surface area contributed by atoms with Crippen molar-refractivity contribution < 1.29 is 15.0 Å². The van der Waals surface area contributed by atoms with Crippen LogP contribution in [0.4, 0.5) is 0 Å². The fraction of sp³-hybridized carbons (Fsp3) is 0.562. The lowest BCUT2D eigenvalue weighted by molar-refractivity contribution is -0.140. The van der Waals surface area contributed by atoms with Crippen molar-refractivity contribution in [3.8, 4) is 0 Å². The number of hydrogen-bond donors (Lipinski definition) is 3. The van der Waals surface area contributed by atoms with Gasteiger partial charge in [0.2, 0.25) is 0 Å². The van der Waals surface area contributed by atoms with Gasteiger partial charge in [-0.05, 0) is 23.0 Å². The van der Waals surface area contributed by atoms with E-state index in [4.69, 9.17) is 5.11 Å². The van der Waals surface area contributed by atoms with Crippen molar-refractivity contribution in [2.24, 2.45) is 5.92 Å². The van der Waals surface area contributed by atoms with Crippen LogP contribution in [-0.2, 0) is 4.79 Å². The lowest BCUT2D eigenvalue weighted by atomic mass is 9.99. The quantitative estimate of drug-likeness (QED) is 0.717. The normalized spacial score (nSPS) is 14.6. The number of carbonyl (C=O) groups is 1. The molecule has 0 aromatic heterocycles. The zero-order valence-electron chi connectivity index (χ0n) is 12.6. The van der Waals surface area contributed by atoms with Crippen LogP contribution >= 0.6 is 0 Å². The largest absolute Gasteiger partial charge is 0.480 e. The number of nitrogens with one attached hydrogen (secondary N) is 1. The number of hydrogen-bond acceptors (Lipinski definition) is 3. The fourth-order valence-corrected chi connectivity index (χ4v) is 2.07. The summed E-state index contributed by atoms with van der Waals surface area (Å²) in [5, 5.41) is 22.1. The summed E-state index contributed by atoms with van der Waals surface area (Å²) < 4.78 is 0.